The van der Waals surface area contributed by atoms with Crippen LogP contribution in [0.15, 0.2) is 59.4 Å². The molecule has 0 spiro atoms. The van der Waals surface area contributed by atoms with Crippen LogP contribution >= 0.6 is 22.9 Å². The Bertz CT molecular complexity index is 1690. The first-order valence-corrected chi connectivity index (χ1v) is 11.9. The van der Waals surface area contributed by atoms with Crippen molar-refractivity contribution in [2.24, 2.45) is 0 Å². The van der Waals surface area contributed by atoms with Gasteiger partial charge in [-0.3, -0.25) is 19.0 Å². The predicted octanol–water partition coefficient (Wildman–Crippen LogP) is 4.09. The zero-order chi connectivity index (χ0) is 25.3. The number of H-pyrrole nitrogens is 1. The van der Waals surface area contributed by atoms with Crippen LogP contribution in [-0.2, 0) is 0 Å². The van der Waals surface area contributed by atoms with Crippen LogP contribution in [0.2, 0.25) is 5.02 Å². The summed E-state index contributed by atoms with van der Waals surface area (Å²) in [7, 11) is 0. The molecule has 2 aromatic carbocycles. The zero-order valence-electron chi connectivity index (χ0n) is 19.2. The molecule has 174 valence electrons. The SMILES string of the molecule is CC(=O)c1c(C)[nH]c(C(=O)C(C#N)=c2sc(=Cc3ccc(Cl)cc3)c(=O)n2-c2ccccc2)c1C. The summed E-state index contributed by atoms with van der Waals surface area (Å²) < 4.78 is 1.94. The molecule has 4 aromatic rings. The van der Waals surface area contributed by atoms with E-state index in [1.807, 2.05) is 12.1 Å². The molecule has 0 saturated carbocycles. The molecule has 2 heterocycles. The monoisotopic (exact) mass is 501 g/mol. The van der Waals surface area contributed by atoms with Crippen molar-refractivity contribution < 1.29 is 9.59 Å². The molecule has 0 amide bonds. The van der Waals surface area contributed by atoms with Gasteiger partial charge in [-0.15, -0.1) is 11.3 Å². The summed E-state index contributed by atoms with van der Waals surface area (Å²) in [6, 6.07) is 17.8. The number of benzene rings is 2. The predicted molar refractivity (Wildman–Crippen MR) is 138 cm³/mol. The smallest absolute Gasteiger partial charge is 0.273 e. The molecule has 2 aromatic heterocycles. The molecule has 4 rings (SSSR count). The number of nitrogens with zero attached hydrogens (tertiary/aromatic N) is 2. The minimum absolute atomic E-state index is 0.160. The lowest BCUT2D eigenvalue weighted by molar-refractivity contribution is 0.101. The summed E-state index contributed by atoms with van der Waals surface area (Å²) in [6.07, 6.45) is 1.70. The maximum absolute atomic E-state index is 13.5. The number of hydrogen-bond acceptors (Lipinski definition) is 5. The fourth-order valence-electron chi connectivity index (χ4n) is 4.00. The van der Waals surface area contributed by atoms with E-state index in [1.165, 1.54) is 11.5 Å². The number of nitriles is 1. The van der Waals surface area contributed by atoms with E-state index < -0.39 is 5.78 Å². The molecule has 6 nitrogen and oxygen atoms in total. The van der Waals surface area contributed by atoms with Crippen molar-refractivity contribution in [2.75, 3.05) is 0 Å². The van der Waals surface area contributed by atoms with Gasteiger partial charge in [-0.1, -0.05) is 41.9 Å². The number of carbonyl (C=O) groups excluding carboxylic acids is 2. The second-order valence-corrected chi connectivity index (χ2v) is 9.41. The second-order valence-electron chi connectivity index (χ2n) is 7.94. The Morgan fingerprint density at radius 1 is 1.09 bits per heavy atom. The van der Waals surface area contributed by atoms with Crippen molar-refractivity contribution >= 4 is 46.2 Å². The van der Waals surface area contributed by atoms with E-state index in [1.54, 1.807) is 68.5 Å². The van der Waals surface area contributed by atoms with Gasteiger partial charge in [0.2, 0.25) is 5.78 Å². The Hall–Kier alpha value is -3.99. The molecule has 0 atom stereocenters. The van der Waals surface area contributed by atoms with Crippen molar-refractivity contribution in [1.82, 2.24) is 9.55 Å². The van der Waals surface area contributed by atoms with E-state index in [0.717, 1.165) is 16.9 Å². The summed E-state index contributed by atoms with van der Waals surface area (Å²) in [5.74, 6) is -0.754. The standard InChI is InChI=1S/C27H20ClN3O3S/c1-15-23(17(3)32)16(2)30-24(15)25(33)21(14-29)27-31(20-7-5-4-6-8-20)26(34)22(35-27)13-18-9-11-19(28)12-10-18/h4-13,30H,1-3H3. The van der Waals surface area contributed by atoms with Crippen molar-refractivity contribution in [3.05, 3.63) is 107 Å². The molecule has 0 aliphatic carbocycles. The summed E-state index contributed by atoms with van der Waals surface area (Å²) >= 11 is 7.04. The molecule has 8 heteroatoms. The van der Waals surface area contributed by atoms with Crippen LogP contribution in [0.25, 0.3) is 17.3 Å². The average molecular weight is 502 g/mol. The molecule has 0 unspecified atom stereocenters. The maximum atomic E-state index is 13.5. The summed E-state index contributed by atoms with van der Waals surface area (Å²) in [4.78, 5) is 42.0. The van der Waals surface area contributed by atoms with Crippen molar-refractivity contribution in [1.29, 1.82) is 5.26 Å². The molecule has 0 bridgehead atoms. The van der Waals surface area contributed by atoms with Crippen LogP contribution < -0.4 is 14.8 Å². The van der Waals surface area contributed by atoms with Gasteiger partial charge in [-0.2, -0.15) is 5.26 Å². The number of Topliss-reactive ketones (excluding diaryl/α,β-unsaturated/α-hetero) is 2. The quantitative estimate of drug-likeness (QED) is 0.417. The molecule has 35 heavy (non-hydrogen) atoms. The number of halogens is 1. The van der Waals surface area contributed by atoms with E-state index in [2.05, 4.69) is 4.98 Å². The molecular weight excluding hydrogens is 482 g/mol. The summed E-state index contributed by atoms with van der Waals surface area (Å²) in [6.45, 7) is 4.80. The molecule has 0 aliphatic heterocycles. The van der Waals surface area contributed by atoms with Crippen LogP contribution in [0, 0.1) is 25.2 Å². The summed E-state index contributed by atoms with van der Waals surface area (Å²) in [5.41, 5.74) is 2.36. The molecule has 0 aliphatic rings. The number of nitrogens with one attached hydrogen (secondary N) is 1. The van der Waals surface area contributed by atoms with E-state index in [-0.39, 0.29) is 27.3 Å². The third-order valence-corrected chi connectivity index (χ3v) is 6.92. The van der Waals surface area contributed by atoms with Crippen molar-refractivity contribution in [3.63, 3.8) is 0 Å². The maximum Gasteiger partial charge on any atom is 0.273 e. The molecule has 0 radical (unpaired) electrons. The number of aryl methyl sites for hydroxylation is 1. The van der Waals surface area contributed by atoms with Gasteiger partial charge in [0.05, 0.1) is 15.9 Å². The summed E-state index contributed by atoms with van der Waals surface area (Å²) in [5, 5.41) is 10.6. The highest BCUT2D eigenvalue weighted by molar-refractivity contribution is 7.07. The third-order valence-electron chi connectivity index (χ3n) is 5.58. The van der Waals surface area contributed by atoms with Crippen LogP contribution in [0.4, 0.5) is 0 Å². The first-order chi connectivity index (χ1) is 16.7. The highest BCUT2D eigenvalue weighted by Gasteiger charge is 2.24. The lowest BCUT2D eigenvalue weighted by atomic mass is 10.0. The fourth-order valence-corrected chi connectivity index (χ4v) is 5.23. The van der Waals surface area contributed by atoms with Crippen LogP contribution in [0.5, 0.6) is 0 Å². The van der Waals surface area contributed by atoms with Crippen LogP contribution in [0.3, 0.4) is 0 Å². The molecule has 0 fully saturated rings. The zero-order valence-corrected chi connectivity index (χ0v) is 20.8. The molecular formula is C27H20ClN3O3S. The number of hydrogen-bond donors (Lipinski definition) is 1. The van der Waals surface area contributed by atoms with Crippen LogP contribution in [0.1, 0.15) is 44.6 Å². The topological polar surface area (TPSA) is 95.7 Å². The van der Waals surface area contributed by atoms with Crippen molar-refractivity contribution in [3.8, 4) is 11.8 Å². The first kappa shape index (κ1) is 24.1. The van der Waals surface area contributed by atoms with Gasteiger partial charge in [0.25, 0.3) is 5.56 Å². The number of thiazole rings is 1. The van der Waals surface area contributed by atoms with E-state index >= 15 is 0 Å². The van der Waals surface area contributed by atoms with Crippen LogP contribution in [-0.4, -0.2) is 21.1 Å². The van der Waals surface area contributed by atoms with E-state index in [4.69, 9.17) is 11.6 Å². The Morgan fingerprint density at radius 2 is 1.74 bits per heavy atom. The third kappa shape index (κ3) is 4.54. The van der Waals surface area contributed by atoms with Gasteiger partial charge in [0.1, 0.15) is 16.3 Å². The Balaban J connectivity index is 2.05. The largest absolute Gasteiger partial charge is 0.355 e. The average Bonchev–Trinajstić information content (AvgIpc) is 3.31. The van der Waals surface area contributed by atoms with Crippen molar-refractivity contribution in [2.45, 2.75) is 20.8 Å². The lowest BCUT2D eigenvalue weighted by Gasteiger charge is -2.04. The number of rotatable bonds is 5. The second kappa shape index (κ2) is 9.71. The highest BCUT2D eigenvalue weighted by atomic mass is 35.5. The molecule has 0 saturated heterocycles. The fraction of sp³-hybridized carbons (Fsp3) is 0.111. The number of aromatic nitrogens is 2. The van der Waals surface area contributed by atoms with Gasteiger partial charge in [-0.05, 0) is 62.2 Å². The van der Waals surface area contributed by atoms with E-state index in [9.17, 15) is 19.6 Å². The van der Waals surface area contributed by atoms with Gasteiger partial charge in [0.15, 0.2) is 5.78 Å². The number of aromatic amines is 1. The van der Waals surface area contributed by atoms with Gasteiger partial charge < -0.3 is 4.98 Å². The van der Waals surface area contributed by atoms with Gasteiger partial charge in [0, 0.05) is 16.3 Å². The number of carbonyl (C=O) groups is 2. The Kier molecular flexibility index (Phi) is 6.70. The molecule has 1 N–H and O–H groups in total. The normalized spacial score (nSPS) is 12.4. The minimum atomic E-state index is -0.579. The van der Waals surface area contributed by atoms with E-state index in [0.29, 0.717) is 32.1 Å². The Labute approximate surface area is 210 Å². The van der Waals surface area contributed by atoms with Gasteiger partial charge >= 0.3 is 0 Å². The number of para-hydroxylation sites is 1. The number of ketones is 2. The highest BCUT2D eigenvalue weighted by Crippen LogP contribution is 2.21. The lowest BCUT2D eigenvalue weighted by Crippen LogP contribution is -2.31. The first-order valence-electron chi connectivity index (χ1n) is 10.7. The Morgan fingerprint density at radius 3 is 2.31 bits per heavy atom. The van der Waals surface area contributed by atoms with Gasteiger partial charge in [-0.25, -0.2) is 0 Å². The minimum Gasteiger partial charge on any atom is -0.355 e.